The Labute approximate surface area is 114 Å². The van der Waals surface area contributed by atoms with E-state index in [2.05, 4.69) is 31.3 Å². The van der Waals surface area contributed by atoms with Crippen molar-refractivity contribution in [3.63, 3.8) is 0 Å². The van der Waals surface area contributed by atoms with Crippen molar-refractivity contribution in [2.45, 2.75) is 47.0 Å². The molecule has 0 spiro atoms. The fourth-order valence-electron chi connectivity index (χ4n) is 3.01. The van der Waals surface area contributed by atoms with E-state index in [0.717, 1.165) is 18.6 Å². The first-order valence-electron chi connectivity index (χ1n) is 6.77. The molecule has 1 heterocycles. The number of rotatable bonds is 2. The van der Waals surface area contributed by atoms with Crippen LogP contribution in [0.1, 0.15) is 56.2 Å². The van der Waals surface area contributed by atoms with Crippen LogP contribution in [0, 0.1) is 18.3 Å². The molecule has 4 nitrogen and oxygen atoms in total. The Morgan fingerprint density at radius 2 is 2.26 bits per heavy atom. The van der Waals surface area contributed by atoms with Gasteiger partial charge in [0.25, 0.3) is 5.91 Å². The molecule has 19 heavy (non-hydrogen) atoms. The van der Waals surface area contributed by atoms with Crippen LogP contribution in [0.4, 0.5) is 0 Å². The van der Waals surface area contributed by atoms with Crippen molar-refractivity contribution in [1.82, 2.24) is 5.43 Å². The first kappa shape index (κ1) is 13.8. The number of carbonyl (C=O) groups excluding carboxylic acids is 1. The summed E-state index contributed by atoms with van der Waals surface area (Å²) >= 11 is 0. The summed E-state index contributed by atoms with van der Waals surface area (Å²) in [6, 6.07) is 1.66. The molecule has 1 amide bonds. The van der Waals surface area contributed by atoms with Crippen LogP contribution in [0.15, 0.2) is 21.8 Å². The summed E-state index contributed by atoms with van der Waals surface area (Å²) in [5, 5.41) is 4.30. The summed E-state index contributed by atoms with van der Waals surface area (Å²) < 4.78 is 5.12. The molecule has 2 rings (SSSR count). The molecule has 0 aromatic carbocycles. The Morgan fingerprint density at radius 1 is 1.53 bits per heavy atom. The van der Waals surface area contributed by atoms with Crippen molar-refractivity contribution in [3.05, 3.63) is 23.7 Å². The molecule has 0 aliphatic heterocycles. The highest BCUT2D eigenvalue weighted by atomic mass is 16.3. The van der Waals surface area contributed by atoms with Gasteiger partial charge in [-0.1, -0.05) is 20.8 Å². The average molecular weight is 262 g/mol. The van der Waals surface area contributed by atoms with Gasteiger partial charge in [0.05, 0.1) is 11.8 Å². The van der Waals surface area contributed by atoms with Gasteiger partial charge in [-0.3, -0.25) is 4.79 Å². The smallest absolute Gasteiger partial charge is 0.274 e. The van der Waals surface area contributed by atoms with Gasteiger partial charge in [0.2, 0.25) is 0 Å². The minimum absolute atomic E-state index is 0.199. The van der Waals surface area contributed by atoms with Crippen molar-refractivity contribution >= 4 is 11.6 Å². The Morgan fingerprint density at radius 3 is 2.84 bits per heavy atom. The fraction of sp³-hybridized carbons (Fsp3) is 0.600. The summed E-state index contributed by atoms with van der Waals surface area (Å²) in [4.78, 5) is 11.9. The number of hydrogen-bond donors (Lipinski definition) is 1. The molecular weight excluding hydrogens is 240 g/mol. The molecule has 1 aromatic heterocycles. The van der Waals surface area contributed by atoms with Crippen molar-refractivity contribution < 1.29 is 9.21 Å². The van der Waals surface area contributed by atoms with Gasteiger partial charge in [0.1, 0.15) is 5.76 Å². The molecule has 0 unspecified atom stereocenters. The topological polar surface area (TPSA) is 54.6 Å². The first-order chi connectivity index (χ1) is 8.87. The molecule has 0 radical (unpaired) electrons. The summed E-state index contributed by atoms with van der Waals surface area (Å²) in [6.07, 6.45) is 4.64. The normalized spacial score (nSPS) is 24.4. The van der Waals surface area contributed by atoms with E-state index in [1.807, 2.05) is 0 Å². The van der Waals surface area contributed by atoms with Gasteiger partial charge in [-0.15, -0.1) is 0 Å². The Kier molecular flexibility index (Phi) is 3.78. The van der Waals surface area contributed by atoms with Crippen LogP contribution >= 0.6 is 0 Å². The predicted molar refractivity (Wildman–Crippen MR) is 75.1 cm³/mol. The van der Waals surface area contributed by atoms with Crippen LogP contribution in [-0.4, -0.2) is 11.6 Å². The highest BCUT2D eigenvalue weighted by molar-refractivity contribution is 5.96. The largest absolute Gasteiger partial charge is 0.469 e. The highest BCUT2D eigenvalue weighted by Gasteiger charge is 2.29. The van der Waals surface area contributed by atoms with E-state index in [1.165, 1.54) is 12.7 Å². The number of furan rings is 1. The zero-order chi connectivity index (χ0) is 14.0. The van der Waals surface area contributed by atoms with Crippen LogP contribution in [0.3, 0.4) is 0 Å². The van der Waals surface area contributed by atoms with Crippen LogP contribution in [0.5, 0.6) is 0 Å². The number of nitrogens with zero attached hydrogens (tertiary/aromatic N) is 1. The van der Waals surface area contributed by atoms with Crippen molar-refractivity contribution in [1.29, 1.82) is 0 Å². The molecular formula is C15H22N2O2. The third kappa shape index (κ3) is 3.46. The number of aryl methyl sites for hydroxylation is 1. The minimum Gasteiger partial charge on any atom is -0.469 e. The standard InChI is InChI=1S/C15H22N2O2/c1-10-7-12(9-15(3,4)8-10)16-17-14(18)13-5-6-19-11(13)2/h5-6,10H,7-9H2,1-4H3,(H,17,18)/b16-12+/t10-/m1/s1. The Bertz CT molecular complexity index is 500. The number of carbonyl (C=O) groups is 1. The van der Waals surface area contributed by atoms with Crippen molar-refractivity contribution in [3.8, 4) is 0 Å². The molecule has 1 aliphatic rings. The van der Waals surface area contributed by atoms with E-state index in [4.69, 9.17) is 4.42 Å². The van der Waals surface area contributed by atoms with Crippen LogP contribution in [-0.2, 0) is 0 Å². The highest BCUT2D eigenvalue weighted by Crippen LogP contribution is 2.36. The van der Waals surface area contributed by atoms with Gasteiger partial charge in [0, 0.05) is 5.71 Å². The maximum Gasteiger partial charge on any atom is 0.274 e. The zero-order valence-electron chi connectivity index (χ0n) is 12.1. The fourth-order valence-corrected chi connectivity index (χ4v) is 3.01. The van der Waals surface area contributed by atoms with Gasteiger partial charge in [-0.2, -0.15) is 5.10 Å². The van der Waals surface area contributed by atoms with Gasteiger partial charge in [-0.05, 0) is 43.6 Å². The molecule has 1 fully saturated rings. The Balaban J connectivity index is 2.02. The lowest BCUT2D eigenvalue weighted by atomic mass is 9.72. The monoisotopic (exact) mass is 262 g/mol. The summed E-state index contributed by atoms with van der Waals surface area (Å²) in [7, 11) is 0. The van der Waals surface area contributed by atoms with E-state index in [1.54, 1.807) is 13.0 Å². The van der Waals surface area contributed by atoms with Gasteiger partial charge in [-0.25, -0.2) is 5.43 Å². The lowest BCUT2D eigenvalue weighted by Crippen LogP contribution is -2.30. The first-order valence-corrected chi connectivity index (χ1v) is 6.77. The third-order valence-electron chi connectivity index (χ3n) is 3.59. The number of nitrogens with one attached hydrogen (secondary N) is 1. The number of amides is 1. The van der Waals surface area contributed by atoms with Crippen LogP contribution in [0.25, 0.3) is 0 Å². The van der Waals surface area contributed by atoms with E-state index >= 15 is 0 Å². The molecule has 1 aromatic rings. The van der Waals surface area contributed by atoms with Crippen molar-refractivity contribution in [2.24, 2.45) is 16.4 Å². The van der Waals surface area contributed by atoms with Crippen LogP contribution in [0.2, 0.25) is 0 Å². The van der Waals surface area contributed by atoms with E-state index in [0.29, 0.717) is 17.2 Å². The molecule has 4 heteroatoms. The summed E-state index contributed by atoms with van der Waals surface area (Å²) in [6.45, 7) is 8.51. The lowest BCUT2D eigenvalue weighted by molar-refractivity contribution is 0.0952. The molecule has 0 saturated heterocycles. The molecule has 1 N–H and O–H groups in total. The Hall–Kier alpha value is -1.58. The molecule has 0 bridgehead atoms. The van der Waals surface area contributed by atoms with E-state index in [9.17, 15) is 4.79 Å². The molecule has 1 atom stereocenters. The molecule has 104 valence electrons. The maximum atomic E-state index is 11.9. The average Bonchev–Trinajstić information content (AvgIpc) is 2.69. The second-order valence-corrected chi connectivity index (χ2v) is 6.36. The van der Waals surface area contributed by atoms with Gasteiger partial charge in [0.15, 0.2) is 0 Å². The van der Waals surface area contributed by atoms with Crippen molar-refractivity contribution in [2.75, 3.05) is 0 Å². The van der Waals surface area contributed by atoms with E-state index in [-0.39, 0.29) is 11.3 Å². The molecule has 1 aliphatic carbocycles. The van der Waals surface area contributed by atoms with E-state index < -0.39 is 0 Å². The molecule has 1 saturated carbocycles. The van der Waals surface area contributed by atoms with Crippen LogP contribution < -0.4 is 5.43 Å². The maximum absolute atomic E-state index is 11.9. The summed E-state index contributed by atoms with van der Waals surface area (Å²) in [5.41, 5.74) is 4.54. The number of hydrazone groups is 1. The third-order valence-corrected chi connectivity index (χ3v) is 3.59. The zero-order valence-corrected chi connectivity index (χ0v) is 12.1. The summed E-state index contributed by atoms with van der Waals surface area (Å²) in [5.74, 6) is 1.04. The minimum atomic E-state index is -0.199. The van der Waals surface area contributed by atoms with Gasteiger partial charge >= 0.3 is 0 Å². The quantitative estimate of drug-likeness (QED) is 0.829. The number of hydrogen-bond acceptors (Lipinski definition) is 3. The second kappa shape index (κ2) is 5.19. The SMILES string of the molecule is Cc1occc1C(=O)N/N=C1\C[C@@H](C)CC(C)(C)C1. The second-order valence-electron chi connectivity index (χ2n) is 6.36. The predicted octanol–water partition coefficient (Wildman–Crippen LogP) is 3.52. The lowest BCUT2D eigenvalue weighted by Gasteiger charge is -2.34. The van der Waals surface area contributed by atoms with Gasteiger partial charge < -0.3 is 4.42 Å².